The van der Waals surface area contributed by atoms with Crippen LogP contribution in [0.5, 0.6) is 0 Å². The zero-order chi connectivity index (χ0) is 11.1. The molecule has 0 atom stereocenters. The number of hydrogen-bond acceptors (Lipinski definition) is 4. The number of unbranched alkanes of at least 4 members (excludes halogenated alkanes) is 1. The number of hydrogen-bond donors (Lipinski definition) is 1. The van der Waals surface area contributed by atoms with Crippen molar-refractivity contribution in [3.05, 3.63) is 11.7 Å². The number of aromatic nitrogens is 2. The van der Waals surface area contributed by atoms with E-state index in [1.54, 1.807) is 6.92 Å². The molecule has 1 N–H and O–H groups in total. The normalized spacial score (nSPS) is 10.3. The fourth-order valence-electron chi connectivity index (χ4n) is 1.06. The molecule has 15 heavy (non-hydrogen) atoms. The van der Waals surface area contributed by atoms with E-state index in [0.717, 1.165) is 18.2 Å². The van der Waals surface area contributed by atoms with E-state index >= 15 is 0 Å². The summed E-state index contributed by atoms with van der Waals surface area (Å²) in [4.78, 5) is 15.3. The lowest BCUT2D eigenvalue weighted by Gasteiger charge is -2.00. The van der Waals surface area contributed by atoms with E-state index in [9.17, 15) is 4.79 Å². The molecule has 1 amide bonds. The molecule has 0 spiro atoms. The van der Waals surface area contributed by atoms with Crippen LogP contribution in [-0.2, 0) is 11.3 Å². The van der Waals surface area contributed by atoms with Gasteiger partial charge in [0.25, 0.3) is 0 Å². The maximum absolute atomic E-state index is 11.3. The van der Waals surface area contributed by atoms with Gasteiger partial charge in [0, 0.05) is 18.7 Å². The fourth-order valence-corrected chi connectivity index (χ4v) is 1.46. The Kier molecular flexibility index (Phi) is 5.31. The molecule has 0 saturated carbocycles. The minimum atomic E-state index is 0.0263. The van der Waals surface area contributed by atoms with Gasteiger partial charge in [-0.3, -0.25) is 4.79 Å². The van der Waals surface area contributed by atoms with Gasteiger partial charge in [-0.15, -0.1) is 0 Å². The Morgan fingerprint density at radius 2 is 2.33 bits per heavy atom. The number of halogens is 1. The Morgan fingerprint density at radius 1 is 1.53 bits per heavy atom. The second-order valence-corrected chi connectivity index (χ2v) is 3.95. The molecule has 0 unspecified atom stereocenters. The number of nitrogens with zero attached hydrogens (tertiary/aromatic N) is 2. The monoisotopic (exact) mass is 275 g/mol. The summed E-state index contributed by atoms with van der Waals surface area (Å²) in [5.41, 5.74) is 0. The molecule has 6 heteroatoms. The summed E-state index contributed by atoms with van der Waals surface area (Å²) in [6.07, 6.45) is 2.44. The SMILES string of the molecule is Cc1nc(CNC(=O)CCCCBr)no1. The van der Waals surface area contributed by atoms with Gasteiger partial charge in [0.05, 0.1) is 6.54 Å². The fraction of sp³-hybridized carbons (Fsp3) is 0.667. The number of amides is 1. The number of alkyl halides is 1. The van der Waals surface area contributed by atoms with Gasteiger partial charge >= 0.3 is 0 Å². The van der Waals surface area contributed by atoms with E-state index in [-0.39, 0.29) is 5.91 Å². The smallest absolute Gasteiger partial charge is 0.223 e. The van der Waals surface area contributed by atoms with Gasteiger partial charge in [-0.25, -0.2) is 0 Å². The topological polar surface area (TPSA) is 68.0 Å². The van der Waals surface area contributed by atoms with Crippen LogP contribution in [0.25, 0.3) is 0 Å². The molecule has 0 aliphatic rings. The van der Waals surface area contributed by atoms with E-state index in [1.807, 2.05) is 0 Å². The van der Waals surface area contributed by atoms with Crippen LogP contribution in [0.3, 0.4) is 0 Å². The number of nitrogens with one attached hydrogen (secondary N) is 1. The molecule has 0 aliphatic carbocycles. The zero-order valence-electron chi connectivity index (χ0n) is 8.62. The highest BCUT2D eigenvalue weighted by atomic mass is 79.9. The zero-order valence-corrected chi connectivity index (χ0v) is 10.2. The van der Waals surface area contributed by atoms with Crippen molar-refractivity contribution in [3.8, 4) is 0 Å². The van der Waals surface area contributed by atoms with Gasteiger partial charge in [-0.1, -0.05) is 21.1 Å². The molecule has 0 bridgehead atoms. The average Bonchev–Trinajstić information content (AvgIpc) is 2.62. The Morgan fingerprint density at radius 3 is 2.93 bits per heavy atom. The van der Waals surface area contributed by atoms with Crippen LogP contribution < -0.4 is 5.32 Å². The van der Waals surface area contributed by atoms with Crippen molar-refractivity contribution in [3.63, 3.8) is 0 Å². The molecule has 84 valence electrons. The van der Waals surface area contributed by atoms with E-state index < -0.39 is 0 Å². The van der Waals surface area contributed by atoms with Gasteiger partial charge < -0.3 is 9.84 Å². The summed E-state index contributed by atoms with van der Waals surface area (Å²) in [6, 6.07) is 0. The Balaban J connectivity index is 2.16. The van der Waals surface area contributed by atoms with Crippen LogP contribution in [0.1, 0.15) is 31.0 Å². The van der Waals surface area contributed by atoms with Crippen molar-refractivity contribution in [1.82, 2.24) is 15.5 Å². The molecular formula is C9H14BrN3O2. The van der Waals surface area contributed by atoms with Crippen molar-refractivity contribution >= 4 is 21.8 Å². The van der Waals surface area contributed by atoms with Gasteiger partial charge in [0.2, 0.25) is 11.8 Å². The third-order valence-electron chi connectivity index (χ3n) is 1.80. The predicted octanol–water partition coefficient (Wildman–Crippen LogP) is 1.56. The largest absolute Gasteiger partial charge is 0.349 e. The van der Waals surface area contributed by atoms with Crippen molar-refractivity contribution in [2.45, 2.75) is 32.7 Å². The van der Waals surface area contributed by atoms with Gasteiger partial charge in [0.1, 0.15) is 0 Å². The van der Waals surface area contributed by atoms with Gasteiger partial charge in [0.15, 0.2) is 5.82 Å². The van der Waals surface area contributed by atoms with Crippen molar-refractivity contribution in [1.29, 1.82) is 0 Å². The summed E-state index contributed by atoms with van der Waals surface area (Å²) in [6.45, 7) is 2.05. The highest BCUT2D eigenvalue weighted by molar-refractivity contribution is 9.09. The second kappa shape index (κ2) is 6.55. The molecule has 0 saturated heterocycles. The molecule has 1 aromatic heterocycles. The van der Waals surface area contributed by atoms with Crippen LogP contribution in [0.4, 0.5) is 0 Å². The van der Waals surface area contributed by atoms with Crippen LogP contribution >= 0.6 is 15.9 Å². The number of aryl methyl sites for hydroxylation is 1. The van der Waals surface area contributed by atoms with E-state index in [1.165, 1.54) is 0 Å². The molecule has 0 aliphatic heterocycles. The van der Waals surface area contributed by atoms with E-state index in [4.69, 9.17) is 4.52 Å². The summed E-state index contributed by atoms with van der Waals surface area (Å²) < 4.78 is 4.78. The molecule has 1 heterocycles. The quantitative estimate of drug-likeness (QED) is 0.632. The van der Waals surface area contributed by atoms with Crippen LogP contribution in [-0.4, -0.2) is 21.4 Å². The number of rotatable bonds is 6. The number of carbonyl (C=O) groups excluding carboxylic acids is 1. The first kappa shape index (κ1) is 12.2. The molecule has 0 fully saturated rings. The first-order chi connectivity index (χ1) is 7.22. The standard InChI is InChI=1S/C9H14BrN3O2/c1-7-12-8(13-15-7)6-11-9(14)4-2-3-5-10/h2-6H2,1H3,(H,11,14). The first-order valence-corrected chi connectivity index (χ1v) is 5.96. The lowest BCUT2D eigenvalue weighted by Crippen LogP contribution is -2.22. The molecule has 1 aromatic rings. The average molecular weight is 276 g/mol. The van der Waals surface area contributed by atoms with Gasteiger partial charge in [-0.2, -0.15) is 4.98 Å². The highest BCUT2D eigenvalue weighted by Gasteiger charge is 2.04. The molecule has 5 nitrogen and oxygen atoms in total. The minimum absolute atomic E-state index is 0.0263. The predicted molar refractivity (Wildman–Crippen MR) is 58.5 cm³/mol. The van der Waals surface area contributed by atoms with E-state index in [0.29, 0.717) is 24.7 Å². The summed E-state index contributed by atoms with van der Waals surface area (Å²) >= 11 is 3.31. The van der Waals surface area contributed by atoms with Crippen molar-refractivity contribution in [2.24, 2.45) is 0 Å². The highest BCUT2D eigenvalue weighted by Crippen LogP contribution is 1.99. The van der Waals surface area contributed by atoms with Crippen LogP contribution in [0.2, 0.25) is 0 Å². The second-order valence-electron chi connectivity index (χ2n) is 3.15. The molecule has 0 radical (unpaired) electrons. The van der Waals surface area contributed by atoms with Crippen LogP contribution in [0.15, 0.2) is 4.52 Å². The third-order valence-corrected chi connectivity index (χ3v) is 2.36. The Labute approximate surface area is 96.7 Å². The molecular weight excluding hydrogens is 262 g/mol. The van der Waals surface area contributed by atoms with E-state index in [2.05, 4.69) is 31.4 Å². The summed E-state index contributed by atoms with van der Waals surface area (Å²) in [7, 11) is 0. The number of carbonyl (C=O) groups is 1. The van der Waals surface area contributed by atoms with Crippen molar-refractivity contribution in [2.75, 3.05) is 5.33 Å². The Hall–Kier alpha value is -0.910. The summed E-state index contributed by atoms with van der Waals surface area (Å²) in [5.74, 6) is 1.05. The maximum Gasteiger partial charge on any atom is 0.223 e. The third kappa shape index (κ3) is 4.92. The summed E-state index contributed by atoms with van der Waals surface area (Å²) in [5, 5.41) is 7.34. The molecule has 1 rings (SSSR count). The van der Waals surface area contributed by atoms with Crippen molar-refractivity contribution < 1.29 is 9.32 Å². The Bertz CT molecular complexity index is 314. The lowest BCUT2D eigenvalue weighted by molar-refractivity contribution is -0.121. The first-order valence-electron chi connectivity index (χ1n) is 4.84. The lowest BCUT2D eigenvalue weighted by atomic mass is 10.2. The minimum Gasteiger partial charge on any atom is -0.349 e. The van der Waals surface area contributed by atoms with Crippen LogP contribution in [0, 0.1) is 6.92 Å². The maximum atomic E-state index is 11.3. The molecule has 0 aromatic carbocycles. The van der Waals surface area contributed by atoms with Gasteiger partial charge in [-0.05, 0) is 12.8 Å².